The van der Waals surface area contributed by atoms with Crippen LogP contribution in [0.5, 0.6) is 0 Å². The average molecular weight is 233 g/mol. The van der Waals surface area contributed by atoms with Crippen LogP contribution in [0.25, 0.3) is 0 Å². The first-order chi connectivity index (χ1) is 6.55. The highest BCUT2D eigenvalue weighted by Crippen LogP contribution is 2.26. The molecule has 0 saturated heterocycles. The van der Waals surface area contributed by atoms with Crippen LogP contribution in [0.3, 0.4) is 0 Å². The third kappa shape index (κ3) is 3.46. The minimum atomic E-state index is -0.592. The van der Waals surface area contributed by atoms with Gasteiger partial charge in [-0.05, 0) is 19.1 Å². The van der Waals surface area contributed by atoms with Gasteiger partial charge >= 0.3 is 0 Å². The summed E-state index contributed by atoms with van der Waals surface area (Å²) in [5.41, 5.74) is 5.18. The zero-order valence-electron chi connectivity index (χ0n) is 7.90. The number of thioether (sulfide) groups is 1. The van der Waals surface area contributed by atoms with E-state index < -0.39 is 5.54 Å². The molecule has 14 heavy (non-hydrogen) atoms. The van der Waals surface area contributed by atoms with Crippen LogP contribution in [0.15, 0.2) is 23.4 Å². The van der Waals surface area contributed by atoms with E-state index in [2.05, 4.69) is 4.98 Å². The van der Waals surface area contributed by atoms with Gasteiger partial charge in [0.1, 0.15) is 5.03 Å². The number of aliphatic hydroxyl groups excluding tert-OH is 1. The van der Waals surface area contributed by atoms with E-state index in [9.17, 15) is 0 Å². The number of aliphatic hydroxyl groups is 1. The van der Waals surface area contributed by atoms with E-state index in [0.717, 1.165) is 5.03 Å². The fraction of sp³-hybridized carbons (Fsp3) is 0.444. The highest BCUT2D eigenvalue weighted by Gasteiger charge is 2.18. The Morgan fingerprint density at radius 2 is 2.43 bits per heavy atom. The highest BCUT2D eigenvalue weighted by molar-refractivity contribution is 7.99. The van der Waals surface area contributed by atoms with Gasteiger partial charge in [-0.1, -0.05) is 11.6 Å². The second kappa shape index (κ2) is 4.98. The van der Waals surface area contributed by atoms with Crippen LogP contribution in [0, 0.1) is 0 Å². The quantitative estimate of drug-likeness (QED) is 0.774. The first-order valence-corrected chi connectivity index (χ1v) is 5.54. The first-order valence-electron chi connectivity index (χ1n) is 4.18. The van der Waals surface area contributed by atoms with Crippen LogP contribution in [0.4, 0.5) is 0 Å². The van der Waals surface area contributed by atoms with Crippen molar-refractivity contribution in [3.63, 3.8) is 0 Å². The number of pyridine rings is 1. The van der Waals surface area contributed by atoms with Crippen molar-refractivity contribution >= 4 is 23.4 Å². The maximum atomic E-state index is 8.95. The van der Waals surface area contributed by atoms with Crippen molar-refractivity contribution in [2.75, 3.05) is 12.4 Å². The minimum Gasteiger partial charge on any atom is -0.394 e. The molecule has 3 nitrogen and oxygen atoms in total. The number of nitrogens with zero attached hydrogens (tertiary/aromatic N) is 1. The molecule has 0 fully saturated rings. The summed E-state index contributed by atoms with van der Waals surface area (Å²) in [7, 11) is 0. The molecule has 0 spiro atoms. The first kappa shape index (κ1) is 11.8. The third-order valence-electron chi connectivity index (χ3n) is 1.62. The lowest BCUT2D eigenvalue weighted by atomic mass is 10.1. The Balaban J connectivity index is 2.58. The zero-order chi connectivity index (χ0) is 10.6. The van der Waals surface area contributed by atoms with Gasteiger partial charge < -0.3 is 10.8 Å². The molecule has 1 atom stereocenters. The molecular weight excluding hydrogens is 220 g/mol. The smallest absolute Gasteiger partial charge is 0.115 e. The molecule has 0 saturated carbocycles. The SMILES string of the molecule is CC(N)(CO)CSc1ncccc1Cl. The van der Waals surface area contributed by atoms with Gasteiger partial charge in [0.25, 0.3) is 0 Å². The van der Waals surface area contributed by atoms with Gasteiger partial charge in [-0.15, -0.1) is 11.8 Å². The third-order valence-corrected chi connectivity index (χ3v) is 3.44. The molecule has 0 bridgehead atoms. The molecular formula is C9H13ClN2OS. The van der Waals surface area contributed by atoms with Gasteiger partial charge in [-0.25, -0.2) is 4.98 Å². The van der Waals surface area contributed by atoms with Gasteiger partial charge in [-0.2, -0.15) is 0 Å². The Hall–Kier alpha value is -0.290. The topological polar surface area (TPSA) is 59.1 Å². The lowest BCUT2D eigenvalue weighted by molar-refractivity contribution is 0.224. The molecule has 1 unspecified atom stereocenters. The monoisotopic (exact) mass is 232 g/mol. The molecule has 1 aromatic rings. The fourth-order valence-corrected chi connectivity index (χ4v) is 1.94. The molecule has 0 aliphatic heterocycles. The van der Waals surface area contributed by atoms with Crippen molar-refractivity contribution in [3.8, 4) is 0 Å². The van der Waals surface area contributed by atoms with Crippen LogP contribution in [-0.4, -0.2) is 28.0 Å². The van der Waals surface area contributed by atoms with Crippen molar-refractivity contribution in [2.45, 2.75) is 17.5 Å². The van der Waals surface area contributed by atoms with Gasteiger partial charge in [0, 0.05) is 17.5 Å². The molecule has 0 aliphatic rings. The Kier molecular flexibility index (Phi) is 4.19. The van der Waals surface area contributed by atoms with Gasteiger partial charge in [0.05, 0.1) is 11.6 Å². The number of hydrogen-bond donors (Lipinski definition) is 2. The molecule has 1 aromatic heterocycles. The second-order valence-electron chi connectivity index (χ2n) is 3.39. The summed E-state index contributed by atoms with van der Waals surface area (Å²) in [6, 6.07) is 3.56. The molecule has 0 amide bonds. The molecule has 78 valence electrons. The maximum absolute atomic E-state index is 8.95. The zero-order valence-corrected chi connectivity index (χ0v) is 9.48. The van der Waals surface area contributed by atoms with Crippen molar-refractivity contribution in [1.82, 2.24) is 4.98 Å². The van der Waals surface area contributed by atoms with E-state index in [0.29, 0.717) is 10.8 Å². The van der Waals surface area contributed by atoms with Gasteiger partial charge in [0.2, 0.25) is 0 Å². The predicted molar refractivity (Wildman–Crippen MR) is 59.6 cm³/mol. The lowest BCUT2D eigenvalue weighted by Crippen LogP contribution is -2.42. The van der Waals surface area contributed by atoms with Crippen molar-refractivity contribution in [3.05, 3.63) is 23.4 Å². The fourth-order valence-electron chi connectivity index (χ4n) is 0.756. The number of hydrogen-bond acceptors (Lipinski definition) is 4. The Morgan fingerprint density at radius 3 is 3.00 bits per heavy atom. The van der Waals surface area contributed by atoms with Crippen molar-refractivity contribution in [1.29, 1.82) is 0 Å². The molecule has 0 aromatic carbocycles. The van der Waals surface area contributed by atoms with E-state index >= 15 is 0 Å². The van der Waals surface area contributed by atoms with Crippen molar-refractivity contribution < 1.29 is 5.11 Å². The standard InChI is InChI=1S/C9H13ClN2OS/c1-9(11,5-13)6-14-8-7(10)3-2-4-12-8/h2-4,13H,5-6,11H2,1H3. The van der Waals surface area contributed by atoms with E-state index in [4.69, 9.17) is 22.4 Å². The normalized spacial score (nSPS) is 15.1. The van der Waals surface area contributed by atoms with Crippen molar-refractivity contribution in [2.24, 2.45) is 5.73 Å². The maximum Gasteiger partial charge on any atom is 0.115 e. The molecule has 1 rings (SSSR count). The summed E-state index contributed by atoms with van der Waals surface area (Å²) in [5, 5.41) is 10.3. The van der Waals surface area contributed by atoms with E-state index in [-0.39, 0.29) is 6.61 Å². The number of aromatic nitrogens is 1. The largest absolute Gasteiger partial charge is 0.394 e. The van der Waals surface area contributed by atoms with E-state index in [1.54, 1.807) is 25.3 Å². The van der Waals surface area contributed by atoms with E-state index in [1.807, 2.05) is 0 Å². The second-order valence-corrected chi connectivity index (χ2v) is 4.76. The summed E-state index contributed by atoms with van der Waals surface area (Å²) in [6.45, 7) is 1.74. The number of halogens is 1. The molecule has 0 radical (unpaired) electrons. The number of nitrogens with two attached hydrogens (primary N) is 1. The van der Waals surface area contributed by atoms with Crippen LogP contribution >= 0.6 is 23.4 Å². The van der Waals surface area contributed by atoms with Gasteiger partial charge in [-0.3, -0.25) is 0 Å². The Morgan fingerprint density at radius 1 is 1.71 bits per heavy atom. The molecule has 1 heterocycles. The average Bonchev–Trinajstić information content (AvgIpc) is 2.17. The van der Waals surface area contributed by atoms with Crippen LogP contribution in [0.2, 0.25) is 5.02 Å². The molecule has 0 aliphatic carbocycles. The number of rotatable bonds is 4. The van der Waals surface area contributed by atoms with Crippen LogP contribution < -0.4 is 5.73 Å². The van der Waals surface area contributed by atoms with E-state index in [1.165, 1.54) is 11.8 Å². The summed E-state index contributed by atoms with van der Waals surface area (Å²) in [5.74, 6) is 0.584. The summed E-state index contributed by atoms with van der Waals surface area (Å²) < 4.78 is 0. The minimum absolute atomic E-state index is 0.0511. The van der Waals surface area contributed by atoms with Gasteiger partial charge in [0.15, 0.2) is 0 Å². The molecule has 3 N–H and O–H groups in total. The Labute approximate surface area is 92.7 Å². The summed E-state index contributed by atoms with van der Waals surface area (Å²) in [6.07, 6.45) is 1.68. The summed E-state index contributed by atoms with van der Waals surface area (Å²) >= 11 is 7.36. The Bertz CT molecular complexity index is 307. The van der Waals surface area contributed by atoms with Crippen LogP contribution in [0.1, 0.15) is 6.92 Å². The van der Waals surface area contributed by atoms with Crippen LogP contribution in [-0.2, 0) is 0 Å². The lowest BCUT2D eigenvalue weighted by Gasteiger charge is -2.20. The molecule has 5 heteroatoms. The predicted octanol–water partition coefficient (Wildman–Crippen LogP) is 1.54. The summed E-state index contributed by atoms with van der Waals surface area (Å²) in [4.78, 5) is 4.11. The highest BCUT2D eigenvalue weighted by atomic mass is 35.5.